The molecule has 0 aliphatic heterocycles. The summed E-state index contributed by atoms with van der Waals surface area (Å²) in [6.45, 7) is 0.417. The number of benzene rings is 2. The summed E-state index contributed by atoms with van der Waals surface area (Å²) in [4.78, 5) is 12.3. The highest BCUT2D eigenvalue weighted by molar-refractivity contribution is 5.79. The fraction of sp³-hybridized carbons (Fsp3) is 0.350. The molecule has 0 unspecified atom stereocenters. The fourth-order valence-electron chi connectivity index (χ4n) is 2.75. The summed E-state index contributed by atoms with van der Waals surface area (Å²) < 4.78 is 20.8. The molecule has 0 bridgehead atoms. The van der Waals surface area contributed by atoms with Crippen molar-refractivity contribution in [3.63, 3.8) is 0 Å². The third-order valence-corrected chi connectivity index (χ3v) is 4.09. The van der Waals surface area contributed by atoms with Crippen LogP contribution in [-0.4, -0.2) is 46.0 Å². The first kappa shape index (κ1) is 20.2. The molecule has 0 atom stereocenters. The number of nitrogens with one attached hydrogen (secondary N) is 1. The van der Waals surface area contributed by atoms with Gasteiger partial charge in [-0.05, 0) is 42.3 Å². The van der Waals surface area contributed by atoms with E-state index in [1.807, 2.05) is 0 Å². The van der Waals surface area contributed by atoms with Crippen molar-refractivity contribution in [1.29, 1.82) is 0 Å². The number of hydrogen-bond donors (Lipinski definition) is 2. The Morgan fingerprint density at radius 2 is 1.70 bits per heavy atom. The molecule has 0 aromatic heterocycles. The molecule has 0 saturated carbocycles. The van der Waals surface area contributed by atoms with E-state index in [4.69, 9.17) is 18.9 Å². The zero-order chi connectivity index (χ0) is 19.8. The summed E-state index contributed by atoms with van der Waals surface area (Å²) in [6, 6.07) is 8.71. The molecule has 0 radical (unpaired) electrons. The molecule has 7 heteroatoms. The van der Waals surface area contributed by atoms with E-state index in [2.05, 4.69) is 5.32 Å². The van der Waals surface area contributed by atoms with Gasteiger partial charge in [-0.1, -0.05) is 0 Å². The second-order valence-corrected chi connectivity index (χ2v) is 5.80. The predicted molar refractivity (Wildman–Crippen MR) is 101 cm³/mol. The van der Waals surface area contributed by atoms with Gasteiger partial charge in [0, 0.05) is 12.1 Å². The van der Waals surface area contributed by atoms with Gasteiger partial charge in [-0.15, -0.1) is 0 Å². The summed E-state index contributed by atoms with van der Waals surface area (Å²) in [5.41, 5.74) is 1.57. The second kappa shape index (κ2) is 9.56. The molecule has 27 heavy (non-hydrogen) atoms. The van der Waals surface area contributed by atoms with Crippen molar-refractivity contribution in [2.24, 2.45) is 0 Å². The van der Waals surface area contributed by atoms with Crippen LogP contribution in [0.1, 0.15) is 11.1 Å². The topological polar surface area (TPSA) is 86.3 Å². The van der Waals surface area contributed by atoms with Gasteiger partial charge in [0.1, 0.15) is 11.5 Å². The van der Waals surface area contributed by atoms with Crippen molar-refractivity contribution in [2.45, 2.75) is 12.8 Å². The van der Waals surface area contributed by atoms with Crippen LogP contribution >= 0.6 is 0 Å². The Hall–Kier alpha value is -3.09. The molecular formula is C20H25NO6. The third kappa shape index (κ3) is 5.20. The van der Waals surface area contributed by atoms with Gasteiger partial charge in [-0.2, -0.15) is 0 Å². The Morgan fingerprint density at radius 3 is 2.33 bits per heavy atom. The molecule has 7 nitrogen and oxygen atoms in total. The summed E-state index contributed by atoms with van der Waals surface area (Å²) in [6.07, 6.45) is 0.715. The molecule has 0 aliphatic carbocycles. The number of aromatic hydroxyl groups is 1. The summed E-state index contributed by atoms with van der Waals surface area (Å²) in [5.74, 6) is 1.90. The molecular weight excluding hydrogens is 350 g/mol. The van der Waals surface area contributed by atoms with Crippen molar-refractivity contribution in [3.05, 3.63) is 41.5 Å². The molecule has 0 fully saturated rings. The zero-order valence-corrected chi connectivity index (χ0v) is 16.0. The molecule has 2 N–H and O–H groups in total. The molecule has 2 aromatic rings. The molecule has 0 aliphatic rings. The van der Waals surface area contributed by atoms with Crippen molar-refractivity contribution in [3.8, 4) is 28.7 Å². The number of amides is 1. The van der Waals surface area contributed by atoms with Crippen LogP contribution in [0.25, 0.3) is 0 Å². The predicted octanol–water partition coefficient (Wildman–Crippen LogP) is 2.33. The SMILES string of the molecule is COc1ccc(OC)c(CC(=O)NCCc2cc(O)c(OC)c(OC)c2)c1. The van der Waals surface area contributed by atoms with Crippen LogP contribution in [-0.2, 0) is 17.6 Å². The maximum absolute atomic E-state index is 12.3. The Balaban J connectivity index is 1.96. The van der Waals surface area contributed by atoms with Crippen LogP contribution in [0.4, 0.5) is 0 Å². The van der Waals surface area contributed by atoms with Gasteiger partial charge in [0.15, 0.2) is 11.5 Å². The summed E-state index contributed by atoms with van der Waals surface area (Å²) >= 11 is 0. The lowest BCUT2D eigenvalue weighted by Gasteiger charge is -2.13. The lowest BCUT2D eigenvalue weighted by molar-refractivity contribution is -0.120. The minimum Gasteiger partial charge on any atom is -0.504 e. The number of ether oxygens (including phenoxy) is 4. The number of rotatable bonds is 9. The number of phenols is 1. The van der Waals surface area contributed by atoms with Crippen LogP contribution < -0.4 is 24.3 Å². The first-order chi connectivity index (χ1) is 13.0. The average molecular weight is 375 g/mol. The number of carbonyl (C=O) groups excluding carboxylic acids is 1. The number of methoxy groups -OCH3 is 4. The normalized spacial score (nSPS) is 10.2. The number of carbonyl (C=O) groups is 1. The lowest BCUT2D eigenvalue weighted by atomic mass is 10.1. The first-order valence-electron chi connectivity index (χ1n) is 8.43. The number of phenolic OH excluding ortho intramolecular Hbond substituents is 1. The van der Waals surface area contributed by atoms with Gasteiger partial charge in [-0.3, -0.25) is 4.79 Å². The van der Waals surface area contributed by atoms with Crippen LogP contribution in [0.3, 0.4) is 0 Å². The van der Waals surface area contributed by atoms with Crippen LogP contribution in [0.5, 0.6) is 28.7 Å². The minimum absolute atomic E-state index is 0.000654. The molecule has 0 spiro atoms. The Labute approximate surface area is 158 Å². The van der Waals surface area contributed by atoms with E-state index >= 15 is 0 Å². The highest BCUT2D eigenvalue weighted by atomic mass is 16.5. The van der Waals surface area contributed by atoms with E-state index in [9.17, 15) is 9.90 Å². The van der Waals surface area contributed by atoms with Gasteiger partial charge >= 0.3 is 0 Å². The fourth-order valence-corrected chi connectivity index (χ4v) is 2.75. The average Bonchev–Trinajstić information content (AvgIpc) is 2.67. The van der Waals surface area contributed by atoms with E-state index in [-0.39, 0.29) is 23.8 Å². The molecule has 1 amide bonds. The molecule has 0 heterocycles. The van der Waals surface area contributed by atoms with E-state index in [0.717, 1.165) is 11.1 Å². The summed E-state index contributed by atoms with van der Waals surface area (Å²) in [7, 11) is 6.10. The van der Waals surface area contributed by atoms with E-state index < -0.39 is 0 Å². The van der Waals surface area contributed by atoms with Crippen LogP contribution in [0.2, 0.25) is 0 Å². The van der Waals surface area contributed by atoms with E-state index in [1.165, 1.54) is 14.2 Å². The Bertz CT molecular complexity index is 790. The second-order valence-electron chi connectivity index (χ2n) is 5.80. The maximum atomic E-state index is 12.3. The molecule has 2 aromatic carbocycles. The lowest BCUT2D eigenvalue weighted by Crippen LogP contribution is -2.27. The van der Waals surface area contributed by atoms with Crippen molar-refractivity contribution in [1.82, 2.24) is 5.32 Å². The quantitative estimate of drug-likeness (QED) is 0.700. The highest BCUT2D eigenvalue weighted by Gasteiger charge is 2.13. The smallest absolute Gasteiger partial charge is 0.224 e. The Kier molecular flexibility index (Phi) is 7.16. The van der Waals surface area contributed by atoms with Gasteiger partial charge < -0.3 is 29.4 Å². The third-order valence-electron chi connectivity index (χ3n) is 4.09. The number of hydrogen-bond acceptors (Lipinski definition) is 6. The van der Waals surface area contributed by atoms with Gasteiger partial charge in [0.25, 0.3) is 0 Å². The van der Waals surface area contributed by atoms with Gasteiger partial charge in [0.2, 0.25) is 11.7 Å². The van der Waals surface area contributed by atoms with E-state index in [1.54, 1.807) is 44.6 Å². The highest BCUT2D eigenvalue weighted by Crippen LogP contribution is 2.37. The van der Waals surface area contributed by atoms with Crippen molar-refractivity contribution in [2.75, 3.05) is 35.0 Å². The van der Waals surface area contributed by atoms with Gasteiger partial charge in [-0.25, -0.2) is 0 Å². The standard InChI is InChI=1S/C20H25NO6/c1-24-15-5-6-17(25-2)14(11-15)12-19(23)21-8-7-13-9-16(22)20(27-4)18(10-13)26-3/h5-6,9-11,22H,7-8,12H2,1-4H3,(H,21,23). The molecule has 146 valence electrons. The monoisotopic (exact) mass is 375 g/mol. The first-order valence-corrected chi connectivity index (χ1v) is 8.43. The van der Waals surface area contributed by atoms with Gasteiger partial charge in [0.05, 0.1) is 34.9 Å². The van der Waals surface area contributed by atoms with E-state index in [0.29, 0.717) is 30.2 Å². The minimum atomic E-state index is -0.133. The molecule has 0 saturated heterocycles. The van der Waals surface area contributed by atoms with Crippen molar-refractivity contribution < 1.29 is 28.8 Å². The maximum Gasteiger partial charge on any atom is 0.224 e. The largest absolute Gasteiger partial charge is 0.504 e. The molecule has 2 rings (SSSR count). The zero-order valence-electron chi connectivity index (χ0n) is 16.0. The van der Waals surface area contributed by atoms with Crippen molar-refractivity contribution >= 4 is 5.91 Å². The summed E-state index contributed by atoms with van der Waals surface area (Å²) in [5, 5.41) is 12.9. The Morgan fingerprint density at radius 1 is 0.963 bits per heavy atom. The van der Waals surface area contributed by atoms with Crippen LogP contribution in [0, 0.1) is 0 Å². The van der Waals surface area contributed by atoms with Crippen LogP contribution in [0.15, 0.2) is 30.3 Å².